The summed E-state index contributed by atoms with van der Waals surface area (Å²) in [7, 11) is 3.18. The van der Waals surface area contributed by atoms with Crippen LogP contribution in [0.25, 0.3) is 0 Å². The number of hydrogen-bond donors (Lipinski definition) is 0. The number of benzene rings is 1. The largest absolute Gasteiger partial charge is 0.481 e. The zero-order chi connectivity index (χ0) is 16.3. The molecule has 0 spiro atoms. The van der Waals surface area contributed by atoms with Gasteiger partial charge in [-0.25, -0.2) is 9.48 Å². The molecule has 0 aliphatic carbocycles. The predicted molar refractivity (Wildman–Crippen MR) is 79.5 cm³/mol. The molecule has 0 radical (unpaired) electrons. The molecule has 0 fully saturated rings. The van der Waals surface area contributed by atoms with Crippen molar-refractivity contribution in [1.29, 1.82) is 5.26 Å². The van der Waals surface area contributed by atoms with Gasteiger partial charge in [-0.05, 0) is 31.5 Å². The number of nitrogens with zero attached hydrogens (tertiary/aromatic N) is 3. The lowest BCUT2D eigenvalue weighted by molar-refractivity contribution is 0.0333. The highest BCUT2D eigenvalue weighted by Gasteiger charge is 2.24. The number of ether oxygens (including phenoxy) is 2. The standard InChI is InChI=1S/C16H17N3O3/c1-10-14(15(21-4)19(3)18-10)16(20)22-11(2)13-7-5-12(9-17)6-8-13/h5-8,11H,1-4H3/t11-/m1/s1. The third-order valence-corrected chi connectivity index (χ3v) is 3.36. The second kappa shape index (κ2) is 6.31. The van der Waals surface area contributed by atoms with Crippen LogP contribution >= 0.6 is 0 Å². The Morgan fingerprint density at radius 1 is 1.36 bits per heavy atom. The molecule has 0 N–H and O–H groups in total. The quantitative estimate of drug-likeness (QED) is 0.811. The van der Waals surface area contributed by atoms with E-state index < -0.39 is 12.1 Å². The number of methoxy groups -OCH3 is 1. The third-order valence-electron chi connectivity index (χ3n) is 3.36. The minimum Gasteiger partial charge on any atom is -0.481 e. The maximum atomic E-state index is 12.4. The summed E-state index contributed by atoms with van der Waals surface area (Å²) in [6, 6.07) is 8.97. The first-order valence-electron chi connectivity index (χ1n) is 6.76. The molecule has 0 aliphatic heterocycles. The Morgan fingerprint density at radius 3 is 2.55 bits per heavy atom. The van der Waals surface area contributed by atoms with Gasteiger partial charge in [-0.1, -0.05) is 12.1 Å². The first-order chi connectivity index (χ1) is 10.5. The normalized spacial score (nSPS) is 11.6. The smallest absolute Gasteiger partial charge is 0.346 e. The van der Waals surface area contributed by atoms with Gasteiger partial charge in [0.05, 0.1) is 24.4 Å². The van der Waals surface area contributed by atoms with Gasteiger partial charge in [-0.3, -0.25) is 0 Å². The fraction of sp³-hybridized carbons (Fsp3) is 0.312. The maximum Gasteiger partial charge on any atom is 0.346 e. The van der Waals surface area contributed by atoms with Gasteiger partial charge in [0, 0.05) is 7.05 Å². The van der Waals surface area contributed by atoms with Gasteiger partial charge in [-0.2, -0.15) is 10.4 Å². The van der Waals surface area contributed by atoms with Crippen LogP contribution in [0.5, 0.6) is 5.88 Å². The van der Waals surface area contributed by atoms with E-state index in [1.165, 1.54) is 11.8 Å². The zero-order valence-corrected chi connectivity index (χ0v) is 13.0. The summed E-state index contributed by atoms with van der Waals surface area (Å²) in [5.41, 5.74) is 2.25. The summed E-state index contributed by atoms with van der Waals surface area (Å²) in [6.45, 7) is 3.50. The molecule has 0 saturated heterocycles. The molecule has 0 saturated carbocycles. The van der Waals surface area contributed by atoms with Crippen molar-refractivity contribution < 1.29 is 14.3 Å². The van der Waals surface area contributed by atoms with Crippen molar-refractivity contribution in [2.75, 3.05) is 7.11 Å². The zero-order valence-electron chi connectivity index (χ0n) is 13.0. The second-order valence-corrected chi connectivity index (χ2v) is 4.87. The number of aromatic nitrogens is 2. The molecule has 1 aromatic carbocycles. The van der Waals surface area contributed by atoms with Gasteiger partial charge < -0.3 is 9.47 Å². The van der Waals surface area contributed by atoms with Gasteiger partial charge in [0.2, 0.25) is 5.88 Å². The van der Waals surface area contributed by atoms with E-state index in [1.807, 2.05) is 6.07 Å². The number of aryl methyl sites for hydroxylation is 2. The summed E-state index contributed by atoms with van der Waals surface area (Å²) in [6.07, 6.45) is -0.440. The summed E-state index contributed by atoms with van der Waals surface area (Å²) < 4.78 is 12.2. The van der Waals surface area contributed by atoms with Crippen LogP contribution < -0.4 is 4.74 Å². The van der Waals surface area contributed by atoms with E-state index >= 15 is 0 Å². The molecule has 0 bridgehead atoms. The van der Waals surface area contributed by atoms with Crippen molar-refractivity contribution in [2.45, 2.75) is 20.0 Å². The van der Waals surface area contributed by atoms with E-state index in [-0.39, 0.29) is 0 Å². The van der Waals surface area contributed by atoms with Gasteiger partial charge in [0.15, 0.2) is 0 Å². The van der Waals surface area contributed by atoms with E-state index in [0.29, 0.717) is 22.7 Å². The predicted octanol–water partition coefficient (Wildman–Crippen LogP) is 2.53. The Balaban J connectivity index is 2.19. The van der Waals surface area contributed by atoms with Gasteiger partial charge in [0.1, 0.15) is 11.7 Å². The third kappa shape index (κ3) is 2.93. The lowest BCUT2D eigenvalue weighted by atomic mass is 10.1. The van der Waals surface area contributed by atoms with E-state index in [1.54, 1.807) is 45.2 Å². The molecule has 1 aromatic heterocycles. The molecule has 22 heavy (non-hydrogen) atoms. The minimum absolute atomic E-state index is 0.325. The fourth-order valence-electron chi connectivity index (χ4n) is 2.22. The maximum absolute atomic E-state index is 12.4. The van der Waals surface area contributed by atoms with Crippen molar-refractivity contribution in [2.24, 2.45) is 7.05 Å². The van der Waals surface area contributed by atoms with E-state index in [4.69, 9.17) is 14.7 Å². The highest BCUT2D eigenvalue weighted by atomic mass is 16.5. The molecular weight excluding hydrogens is 282 g/mol. The van der Waals surface area contributed by atoms with Crippen LogP contribution in [0.1, 0.15) is 40.2 Å². The number of nitriles is 1. The highest BCUT2D eigenvalue weighted by molar-refractivity contribution is 5.93. The monoisotopic (exact) mass is 299 g/mol. The Hall–Kier alpha value is -2.81. The SMILES string of the molecule is COc1c(C(=O)O[C@H](C)c2ccc(C#N)cc2)c(C)nn1C. The Kier molecular flexibility index (Phi) is 4.47. The summed E-state index contributed by atoms with van der Waals surface area (Å²) in [5, 5.41) is 13.0. The van der Waals surface area contributed by atoms with Gasteiger partial charge >= 0.3 is 5.97 Å². The number of carbonyl (C=O) groups is 1. The molecule has 0 aliphatic rings. The molecule has 0 amide bonds. The van der Waals surface area contributed by atoms with Gasteiger partial charge in [0.25, 0.3) is 0 Å². The topological polar surface area (TPSA) is 77.1 Å². The fourth-order valence-corrected chi connectivity index (χ4v) is 2.22. The summed E-state index contributed by atoms with van der Waals surface area (Å²) in [5.74, 6) is -0.117. The lowest BCUT2D eigenvalue weighted by Crippen LogP contribution is -2.11. The number of carbonyl (C=O) groups excluding carboxylic acids is 1. The average molecular weight is 299 g/mol. The Bertz CT molecular complexity index is 726. The second-order valence-electron chi connectivity index (χ2n) is 4.87. The molecule has 1 heterocycles. The van der Waals surface area contributed by atoms with Crippen LogP contribution in [-0.2, 0) is 11.8 Å². The van der Waals surface area contributed by atoms with Crippen molar-refractivity contribution in [3.8, 4) is 11.9 Å². The molecule has 2 rings (SSSR count). The van der Waals surface area contributed by atoms with Crippen molar-refractivity contribution in [3.05, 3.63) is 46.6 Å². The van der Waals surface area contributed by atoms with Crippen LogP contribution in [0.4, 0.5) is 0 Å². The highest BCUT2D eigenvalue weighted by Crippen LogP contribution is 2.25. The van der Waals surface area contributed by atoms with E-state index in [0.717, 1.165) is 5.56 Å². The molecular formula is C16H17N3O3. The molecule has 6 nitrogen and oxygen atoms in total. The molecule has 1 atom stereocenters. The molecule has 6 heteroatoms. The first kappa shape index (κ1) is 15.6. The van der Waals surface area contributed by atoms with Crippen LogP contribution in [-0.4, -0.2) is 22.9 Å². The van der Waals surface area contributed by atoms with Crippen LogP contribution in [0.2, 0.25) is 0 Å². The summed E-state index contributed by atoms with van der Waals surface area (Å²) >= 11 is 0. The number of hydrogen-bond acceptors (Lipinski definition) is 5. The molecule has 114 valence electrons. The molecule has 0 unspecified atom stereocenters. The minimum atomic E-state index is -0.487. The van der Waals surface area contributed by atoms with E-state index in [9.17, 15) is 4.79 Å². The first-order valence-corrected chi connectivity index (χ1v) is 6.76. The number of rotatable bonds is 4. The summed E-state index contributed by atoms with van der Waals surface area (Å²) in [4.78, 5) is 12.4. The van der Waals surface area contributed by atoms with Crippen molar-refractivity contribution in [3.63, 3.8) is 0 Å². The van der Waals surface area contributed by atoms with Crippen LogP contribution in [0.15, 0.2) is 24.3 Å². The Labute approximate surface area is 128 Å². The Morgan fingerprint density at radius 2 is 2.00 bits per heavy atom. The van der Waals surface area contributed by atoms with Crippen LogP contribution in [0, 0.1) is 18.3 Å². The van der Waals surface area contributed by atoms with Crippen LogP contribution in [0.3, 0.4) is 0 Å². The van der Waals surface area contributed by atoms with Crippen molar-refractivity contribution in [1.82, 2.24) is 9.78 Å². The van der Waals surface area contributed by atoms with Crippen molar-refractivity contribution >= 4 is 5.97 Å². The number of esters is 1. The van der Waals surface area contributed by atoms with E-state index in [2.05, 4.69) is 5.10 Å². The molecule has 2 aromatic rings. The van der Waals surface area contributed by atoms with Gasteiger partial charge in [-0.15, -0.1) is 0 Å². The average Bonchev–Trinajstić information content (AvgIpc) is 2.80. The lowest BCUT2D eigenvalue weighted by Gasteiger charge is -2.14.